The minimum absolute atomic E-state index is 0.0172. The Morgan fingerprint density at radius 3 is 2.29 bits per heavy atom. The fraction of sp³-hybridized carbons (Fsp3) is 0.174. The number of amides is 1. The van der Waals surface area contributed by atoms with Gasteiger partial charge < -0.3 is 19.5 Å². The molecule has 0 unspecified atom stereocenters. The molecule has 0 fully saturated rings. The molecule has 2 N–H and O–H groups in total. The molecule has 0 aliphatic carbocycles. The highest BCUT2D eigenvalue weighted by molar-refractivity contribution is 7.92. The number of halogens is 2. The van der Waals surface area contributed by atoms with Gasteiger partial charge in [-0.1, -0.05) is 12.1 Å². The van der Waals surface area contributed by atoms with Gasteiger partial charge in [-0.15, -0.1) is 0 Å². The van der Waals surface area contributed by atoms with Gasteiger partial charge in [0, 0.05) is 23.9 Å². The van der Waals surface area contributed by atoms with E-state index in [1.807, 2.05) is 0 Å². The molecule has 3 aromatic rings. The van der Waals surface area contributed by atoms with Gasteiger partial charge >= 0.3 is 6.61 Å². The Balaban J connectivity index is 1.35. The first-order chi connectivity index (χ1) is 16.3. The number of sulfonamides is 1. The van der Waals surface area contributed by atoms with E-state index in [-0.39, 0.29) is 28.8 Å². The van der Waals surface area contributed by atoms with Crippen molar-refractivity contribution >= 4 is 21.6 Å². The lowest BCUT2D eigenvalue weighted by atomic mass is 10.2. The number of fused-ring (bicyclic) bond motifs is 1. The molecule has 0 saturated carbocycles. The quantitative estimate of drug-likeness (QED) is 0.498. The van der Waals surface area contributed by atoms with Crippen LogP contribution in [0.1, 0.15) is 15.9 Å². The zero-order chi connectivity index (χ0) is 24.1. The fourth-order valence-corrected chi connectivity index (χ4v) is 4.24. The maximum absolute atomic E-state index is 12.7. The summed E-state index contributed by atoms with van der Waals surface area (Å²) in [4.78, 5) is 12.4. The van der Waals surface area contributed by atoms with Gasteiger partial charge in [-0.3, -0.25) is 9.52 Å². The van der Waals surface area contributed by atoms with Crippen LogP contribution >= 0.6 is 0 Å². The summed E-state index contributed by atoms with van der Waals surface area (Å²) in [5.74, 6) is 0.490. The van der Waals surface area contributed by atoms with E-state index < -0.39 is 16.6 Å². The second-order valence-corrected chi connectivity index (χ2v) is 8.88. The van der Waals surface area contributed by atoms with Crippen LogP contribution in [0, 0.1) is 0 Å². The molecule has 178 valence electrons. The van der Waals surface area contributed by atoms with Crippen molar-refractivity contribution in [3.63, 3.8) is 0 Å². The zero-order valence-electron chi connectivity index (χ0n) is 17.7. The fourth-order valence-electron chi connectivity index (χ4n) is 3.17. The topological polar surface area (TPSA) is 103 Å². The summed E-state index contributed by atoms with van der Waals surface area (Å²) >= 11 is 0. The van der Waals surface area contributed by atoms with Crippen LogP contribution in [-0.2, 0) is 16.6 Å². The minimum Gasteiger partial charge on any atom is -0.486 e. The van der Waals surface area contributed by atoms with E-state index in [1.54, 1.807) is 12.1 Å². The second kappa shape index (κ2) is 9.96. The first kappa shape index (κ1) is 23.3. The molecule has 1 heterocycles. The van der Waals surface area contributed by atoms with E-state index in [4.69, 9.17) is 9.47 Å². The number of hydrogen-bond donors (Lipinski definition) is 2. The van der Waals surface area contributed by atoms with Gasteiger partial charge in [-0.25, -0.2) is 8.42 Å². The van der Waals surface area contributed by atoms with E-state index >= 15 is 0 Å². The normalized spacial score (nSPS) is 12.8. The van der Waals surface area contributed by atoms with Crippen LogP contribution in [0.2, 0.25) is 0 Å². The van der Waals surface area contributed by atoms with E-state index in [9.17, 15) is 22.0 Å². The number of anilines is 1. The second-order valence-electron chi connectivity index (χ2n) is 7.19. The summed E-state index contributed by atoms with van der Waals surface area (Å²) in [6, 6.07) is 16.2. The molecule has 0 saturated heterocycles. The molecule has 0 atom stereocenters. The maximum Gasteiger partial charge on any atom is 0.387 e. The SMILES string of the molecule is O=C(NCc1ccc(OC(F)F)cc1)c1ccc(NS(=O)(=O)c2ccc3c(c2)OCCO3)cc1. The zero-order valence-corrected chi connectivity index (χ0v) is 18.5. The van der Waals surface area contributed by atoms with Gasteiger partial charge in [0.25, 0.3) is 15.9 Å². The van der Waals surface area contributed by atoms with Crippen molar-refractivity contribution in [3.05, 3.63) is 77.9 Å². The number of alkyl halides is 2. The predicted molar refractivity (Wildman–Crippen MR) is 119 cm³/mol. The summed E-state index contributed by atoms with van der Waals surface area (Å²) < 4.78 is 67.4. The van der Waals surface area contributed by atoms with E-state index in [2.05, 4.69) is 14.8 Å². The highest BCUT2D eigenvalue weighted by Crippen LogP contribution is 2.32. The van der Waals surface area contributed by atoms with Gasteiger partial charge in [-0.05, 0) is 54.1 Å². The monoisotopic (exact) mass is 490 g/mol. The molecule has 34 heavy (non-hydrogen) atoms. The first-order valence-corrected chi connectivity index (χ1v) is 11.6. The van der Waals surface area contributed by atoms with E-state index in [1.165, 1.54) is 54.6 Å². The van der Waals surface area contributed by atoms with Crippen molar-refractivity contribution in [3.8, 4) is 17.2 Å². The molecule has 0 aromatic heterocycles. The van der Waals surface area contributed by atoms with Crippen LogP contribution in [0.15, 0.2) is 71.6 Å². The standard InChI is InChI=1S/C23H20F2N2O6S/c24-23(25)33-18-7-1-15(2-8-18)14-26-22(28)16-3-5-17(6-4-16)27-34(29,30)19-9-10-20-21(13-19)32-12-11-31-20/h1-10,13,23,27H,11-12,14H2,(H,26,28). The number of hydrogen-bond acceptors (Lipinski definition) is 6. The highest BCUT2D eigenvalue weighted by atomic mass is 32.2. The molecule has 3 aromatic carbocycles. The number of rotatable bonds is 8. The highest BCUT2D eigenvalue weighted by Gasteiger charge is 2.19. The molecule has 0 radical (unpaired) electrons. The number of ether oxygens (including phenoxy) is 3. The molecule has 1 aliphatic heterocycles. The molecule has 0 spiro atoms. The van der Waals surface area contributed by atoms with Gasteiger partial charge in [0.1, 0.15) is 19.0 Å². The summed E-state index contributed by atoms with van der Waals surface area (Å²) in [6.45, 7) is -1.99. The van der Waals surface area contributed by atoms with Gasteiger partial charge in [0.05, 0.1) is 4.90 Å². The first-order valence-electron chi connectivity index (χ1n) is 10.1. The lowest BCUT2D eigenvalue weighted by Gasteiger charge is -2.19. The van der Waals surface area contributed by atoms with Crippen molar-refractivity contribution in [2.45, 2.75) is 18.1 Å². The number of carbonyl (C=O) groups is 1. The maximum atomic E-state index is 12.7. The van der Waals surface area contributed by atoms with E-state index in [0.717, 1.165) is 0 Å². The molecule has 8 nitrogen and oxygen atoms in total. The number of benzene rings is 3. The van der Waals surface area contributed by atoms with Crippen LogP contribution in [0.3, 0.4) is 0 Å². The van der Waals surface area contributed by atoms with Gasteiger partial charge in [-0.2, -0.15) is 8.78 Å². The van der Waals surface area contributed by atoms with Crippen molar-refractivity contribution in [2.24, 2.45) is 0 Å². The smallest absolute Gasteiger partial charge is 0.387 e. The Kier molecular flexibility index (Phi) is 6.82. The lowest BCUT2D eigenvalue weighted by Crippen LogP contribution is -2.22. The summed E-state index contributed by atoms with van der Waals surface area (Å²) in [5, 5.41) is 2.71. The lowest BCUT2D eigenvalue weighted by molar-refractivity contribution is -0.0498. The largest absolute Gasteiger partial charge is 0.486 e. The third-order valence-corrected chi connectivity index (χ3v) is 6.20. The summed E-state index contributed by atoms with van der Waals surface area (Å²) in [5.41, 5.74) is 1.29. The van der Waals surface area contributed by atoms with Crippen LogP contribution in [0.25, 0.3) is 0 Å². The van der Waals surface area contributed by atoms with E-state index in [0.29, 0.717) is 35.8 Å². The van der Waals surface area contributed by atoms with Gasteiger partial charge in [0.2, 0.25) is 0 Å². The molecular weight excluding hydrogens is 470 g/mol. The van der Waals surface area contributed by atoms with Crippen molar-refractivity contribution < 1.29 is 36.2 Å². The Hall–Kier alpha value is -3.86. The van der Waals surface area contributed by atoms with Crippen LogP contribution in [-0.4, -0.2) is 34.2 Å². The van der Waals surface area contributed by atoms with Crippen LogP contribution in [0.4, 0.5) is 14.5 Å². The third kappa shape index (κ3) is 5.73. The average molecular weight is 490 g/mol. The Morgan fingerprint density at radius 1 is 0.941 bits per heavy atom. The molecule has 4 rings (SSSR count). The Morgan fingerprint density at radius 2 is 1.62 bits per heavy atom. The minimum atomic E-state index is -3.88. The van der Waals surface area contributed by atoms with Crippen LogP contribution < -0.4 is 24.2 Å². The molecule has 1 aliphatic rings. The van der Waals surface area contributed by atoms with Crippen LogP contribution in [0.5, 0.6) is 17.2 Å². The average Bonchev–Trinajstić information content (AvgIpc) is 2.83. The summed E-state index contributed by atoms with van der Waals surface area (Å²) in [7, 11) is -3.88. The Labute approximate surface area is 194 Å². The Bertz CT molecular complexity index is 1270. The molecule has 0 bridgehead atoms. The third-order valence-electron chi connectivity index (χ3n) is 4.82. The van der Waals surface area contributed by atoms with Gasteiger partial charge in [0.15, 0.2) is 11.5 Å². The number of carbonyl (C=O) groups excluding carboxylic acids is 1. The molecular formula is C23H20F2N2O6S. The predicted octanol–water partition coefficient (Wildman–Crippen LogP) is 3.79. The molecule has 11 heteroatoms. The molecule has 1 amide bonds. The van der Waals surface area contributed by atoms with Crippen molar-refractivity contribution in [2.75, 3.05) is 17.9 Å². The number of nitrogens with one attached hydrogen (secondary N) is 2. The van der Waals surface area contributed by atoms with Crippen molar-refractivity contribution in [1.29, 1.82) is 0 Å². The van der Waals surface area contributed by atoms with Crippen molar-refractivity contribution in [1.82, 2.24) is 5.32 Å². The summed E-state index contributed by atoms with van der Waals surface area (Å²) in [6.07, 6.45) is 0.